The van der Waals surface area contributed by atoms with Crippen LogP contribution in [-0.4, -0.2) is 14.8 Å². The third-order valence-corrected chi connectivity index (χ3v) is 5.03. The van der Waals surface area contributed by atoms with Gasteiger partial charge in [0.15, 0.2) is 0 Å². The highest BCUT2D eigenvalue weighted by molar-refractivity contribution is 9.10. The smallest absolute Gasteiger partial charge is 0.138 e. The number of thiophene rings is 1. The summed E-state index contributed by atoms with van der Waals surface area (Å²) < 4.78 is 2.82. The van der Waals surface area contributed by atoms with Gasteiger partial charge in [0, 0.05) is 16.8 Å². The van der Waals surface area contributed by atoms with Crippen molar-refractivity contribution >= 4 is 49.5 Å². The minimum Gasteiger partial charge on any atom is -0.354 e. The molecule has 3 heterocycles. The van der Waals surface area contributed by atoms with E-state index >= 15 is 0 Å². The van der Waals surface area contributed by atoms with Gasteiger partial charge in [-0.25, -0.2) is 0 Å². The summed E-state index contributed by atoms with van der Waals surface area (Å²) >= 11 is 5.28. The van der Waals surface area contributed by atoms with E-state index in [0.29, 0.717) is 6.54 Å². The van der Waals surface area contributed by atoms with Gasteiger partial charge in [-0.05, 0) is 58.6 Å². The summed E-state index contributed by atoms with van der Waals surface area (Å²) in [5.74, 6) is 0. The van der Waals surface area contributed by atoms with Crippen LogP contribution in [0.3, 0.4) is 0 Å². The molecule has 0 aliphatic carbocycles. The molecule has 0 aliphatic heterocycles. The van der Waals surface area contributed by atoms with Crippen LogP contribution in [0, 0.1) is 6.92 Å². The van der Waals surface area contributed by atoms with Crippen LogP contribution in [0.1, 0.15) is 11.4 Å². The second-order valence-corrected chi connectivity index (χ2v) is 7.09. The maximum absolute atomic E-state index is 4.66. The van der Waals surface area contributed by atoms with Crippen molar-refractivity contribution in [1.29, 1.82) is 0 Å². The van der Waals surface area contributed by atoms with Gasteiger partial charge in [0.05, 0.1) is 28.8 Å². The van der Waals surface area contributed by atoms with Crippen LogP contribution in [0.25, 0.3) is 10.9 Å². The highest BCUT2D eigenvalue weighted by Crippen LogP contribution is 2.33. The van der Waals surface area contributed by atoms with Crippen LogP contribution < -0.4 is 5.32 Å². The number of hydrogen-bond donors (Lipinski definition) is 1. The van der Waals surface area contributed by atoms with Gasteiger partial charge in [0.2, 0.25) is 0 Å². The van der Waals surface area contributed by atoms with Gasteiger partial charge in [0.1, 0.15) is 4.60 Å². The van der Waals surface area contributed by atoms with Crippen LogP contribution >= 0.6 is 27.3 Å². The normalized spacial score (nSPS) is 11.1. The molecule has 24 heavy (non-hydrogen) atoms. The first-order chi connectivity index (χ1) is 11.7. The third-order valence-electron chi connectivity index (χ3n) is 3.79. The Bertz CT molecular complexity index is 992. The van der Waals surface area contributed by atoms with Gasteiger partial charge < -0.3 is 5.32 Å². The molecule has 0 atom stereocenters. The number of fused-ring (bicyclic) bond motifs is 1. The molecule has 0 radical (unpaired) electrons. The molecule has 3 aromatic heterocycles. The Morgan fingerprint density at radius 3 is 2.83 bits per heavy atom. The standard InChI is InChI=1S/C18H15BrN4S/c1-12-4-2-5-13(20-12)10-23-16-7-3-6-15(17(16)18(19)22-23)21-14-8-9-24-11-14/h2-9,11,21H,10H2,1H3. The van der Waals surface area contributed by atoms with E-state index in [1.54, 1.807) is 11.3 Å². The van der Waals surface area contributed by atoms with E-state index in [-0.39, 0.29) is 0 Å². The third kappa shape index (κ3) is 2.95. The molecule has 0 spiro atoms. The Hall–Kier alpha value is -2.18. The van der Waals surface area contributed by atoms with E-state index in [1.807, 2.05) is 35.9 Å². The first-order valence-electron chi connectivity index (χ1n) is 7.57. The van der Waals surface area contributed by atoms with Gasteiger partial charge in [-0.2, -0.15) is 16.4 Å². The fourth-order valence-electron chi connectivity index (χ4n) is 2.74. The molecule has 4 rings (SSSR count). The Morgan fingerprint density at radius 2 is 2.04 bits per heavy atom. The van der Waals surface area contributed by atoms with Crippen LogP contribution in [0.4, 0.5) is 11.4 Å². The number of nitrogens with zero attached hydrogens (tertiary/aromatic N) is 3. The molecular weight excluding hydrogens is 384 g/mol. The van der Waals surface area contributed by atoms with E-state index in [2.05, 4.69) is 60.3 Å². The quantitative estimate of drug-likeness (QED) is 0.503. The van der Waals surface area contributed by atoms with Gasteiger partial charge in [-0.15, -0.1) is 0 Å². The number of hydrogen-bond acceptors (Lipinski definition) is 4. The van der Waals surface area contributed by atoms with Gasteiger partial charge in [-0.3, -0.25) is 9.67 Å². The average molecular weight is 399 g/mol. The van der Waals surface area contributed by atoms with Crippen molar-refractivity contribution in [3.63, 3.8) is 0 Å². The molecule has 4 aromatic rings. The fourth-order valence-corrected chi connectivity index (χ4v) is 3.93. The molecular formula is C18H15BrN4S. The number of anilines is 2. The molecule has 4 nitrogen and oxygen atoms in total. The lowest BCUT2D eigenvalue weighted by atomic mass is 10.2. The zero-order chi connectivity index (χ0) is 16.5. The second kappa shape index (κ2) is 6.37. The maximum atomic E-state index is 4.66. The zero-order valence-electron chi connectivity index (χ0n) is 13.0. The maximum Gasteiger partial charge on any atom is 0.138 e. The Kier molecular flexibility index (Phi) is 4.08. The molecule has 1 N–H and O–H groups in total. The van der Waals surface area contributed by atoms with Crippen molar-refractivity contribution in [3.8, 4) is 0 Å². The highest BCUT2D eigenvalue weighted by atomic mass is 79.9. The molecule has 0 saturated heterocycles. The van der Waals surface area contributed by atoms with E-state index in [0.717, 1.165) is 38.3 Å². The summed E-state index contributed by atoms with van der Waals surface area (Å²) in [5.41, 5.74) is 5.23. The number of aryl methyl sites for hydroxylation is 1. The SMILES string of the molecule is Cc1cccc(Cn2nc(Br)c3c(Nc4ccsc4)cccc32)n1. The van der Waals surface area contributed by atoms with E-state index < -0.39 is 0 Å². The predicted octanol–water partition coefficient (Wildman–Crippen LogP) is 5.36. The number of benzene rings is 1. The Morgan fingerprint density at radius 1 is 1.17 bits per heavy atom. The fraction of sp³-hybridized carbons (Fsp3) is 0.111. The van der Waals surface area contributed by atoms with Gasteiger partial charge in [-0.1, -0.05) is 12.1 Å². The molecule has 120 valence electrons. The largest absolute Gasteiger partial charge is 0.354 e. The van der Waals surface area contributed by atoms with Crippen molar-refractivity contribution in [2.24, 2.45) is 0 Å². The first kappa shape index (κ1) is 15.4. The summed E-state index contributed by atoms with van der Waals surface area (Å²) in [6.07, 6.45) is 0. The van der Waals surface area contributed by atoms with Gasteiger partial charge >= 0.3 is 0 Å². The first-order valence-corrected chi connectivity index (χ1v) is 9.31. The van der Waals surface area contributed by atoms with Crippen molar-refractivity contribution in [3.05, 3.63) is 69.2 Å². The number of halogens is 1. The number of aromatic nitrogens is 3. The zero-order valence-corrected chi connectivity index (χ0v) is 15.4. The van der Waals surface area contributed by atoms with Crippen LogP contribution in [-0.2, 0) is 6.54 Å². The molecule has 0 amide bonds. The summed E-state index contributed by atoms with van der Waals surface area (Å²) in [7, 11) is 0. The second-order valence-electron chi connectivity index (χ2n) is 5.56. The topological polar surface area (TPSA) is 42.7 Å². The lowest BCUT2D eigenvalue weighted by Crippen LogP contribution is -2.04. The lowest BCUT2D eigenvalue weighted by Gasteiger charge is -2.07. The minimum atomic E-state index is 0.645. The summed E-state index contributed by atoms with van der Waals surface area (Å²) in [6.45, 7) is 2.65. The molecule has 0 saturated carbocycles. The average Bonchev–Trinajstić information content (AvgIpc) is 3.17. The summed E-state index contributed by atoms with van der Waals surface area (Å²) in [5, 5.41) is 13.4. The predicted molar refractivity (Wildman–Crippen MR) is 103 cm³/mol. The van der Waals surface area contributed by atoms with Crippen molar-refractivity contribution in [1.82, 2.24) is 14.8 Å². The molecule has 0 aliphatic rings. The molecule has 1 aromatic carbocycles. The van der Waals surface area contributed by atoms with Crippen LogP contribution in [0.2, 0.25) is 0 Å². The Labute approximate surface area is 152 Å². The molecule has 0 bridgehead atoms. The van der Waals surface area contributed by atoms with Crippen LogP contribution in [0.5, 0.6) is 0 Å². The van der Waals surface area contributed by atoms with E-state index in [1.165, 1.54) is 0 Å². The van der Waals surface area contributed by atoms with E-state index in [9.17, 15) is 0 Å². The Balaban J connectivity index is 1.75. The van der Waals surface area contributed by atoms with Crippen molar-refractivity contribution in [2.45, 2.75) is 13.5 Å². The van der Waals surface area contributed by atoms with Crippen molar-refractivity contribution < 1.29 is 0 Å². The van der Waals surface area contributed by atoms with E-state index in [4.69, 9.17) is 0 Å². The van der Waals surface area contributed by atoms with Gasteiger partial charge in [0.25, 0.3) is 0 Å². The summed E-state index contributed by atoms with van der Waals surface area (Å²) in [6, 6.07) is 14.3. The number of pyridine rings is 1. The number of rotatable bonds is 4. The van der Waals surface area contributed by atoms with Crippen molar-refractivity contribution in [2.75, 3.05) is 5.32 Å². The minimum absolute atomic E-state index is 0.645. The summed E-state index contributed by atoms with van der Waals surface area (Å²) in [4.78, 5) is 4.58. The number of nitrogens with one attached hydrogen (secondary N) is 1. The molecule has 0 unspecified atom stereocenters. The highest BCUT2D eigenvalue weighted by Gasteiger charge is 2.13. The monoisotopic (exact) mass is 398 g/mol. The molecule has 6 heteroatoms. The lowest BCUT2D eigenvalue weighted by molar-refractivity contribution is 0.689. The van der Waals surface area contributed by atoms with Crippen LogP contribution in [0.15, 0.2) is 57.8 Å². The molecule has 0 fully saturated rings.